The molecule has 0 saturated heterocycles. The van der Waals surface area contributed by atoms with Crippen LogP contribution < -0.4 is 5.73 Å². The van der Waals surface area contributed by atoms with Gasteiger partial charge in [-0.3, -0.25) is 4.79 Å². The van der Waals surface area contributed by atoms with Crippen molar-refractivity contribution in [3.8, 4) is 5.75 Å². The van der Waals surface area contributed by atoms with E-state index in [4.69, 9.17) is 5.73 Å². The molecule has 102 valence electrons. The summed E-state index contributed by atoms with van der Waals surface area (Å²) in [5.74, 6) is -0.451. The molecule has 20 heavy (non-hydrogen) atoms. The van der Waals surface area contributed by atoms with Gasteiger partial charge in [0.2, 0.25) is 5.91 Å². The first kappa shape index (κ1) is 14.3. The van der Waals surface area contributed by atoms with E-state index in [0.717, 1.165) is 12.0 Å². The van der Waals surface area contributed by atoms with Gasteiger partial charge in [-0.05, 0) is 51.7 Å². The highest BCUT2D eigenvalue weighted by molar-refractivity contribution is 9.10. The summed E-state index contributed by atoms with van der Waals surface area (Å²) in [6, 6.07) is 13.7. The Morgan fingerprint density at radius 2 is 1.90 bits per heavy atom. The lowest BCUT2D eigenvalue weighted by Gasteiger charge is -2.07. The maximum atomic E-state index is 10.8. The predicted molar refractivity (Wildman–Crippen MR) is 83.3 cm³/mol. The van der Waals surface area contributed by atoms with Crippen molar-refractivity contribution >= 4 is 27.9 Å². The van der Waals surface area contributed by atoms with Crippen molar-refractivity contribution in [3.05, 3.63) is 69.7 Å². The van der Waals surface area contributed by atoms with E-state index in [2.05, 4.69) is 15.9 Å². The summed E-state index contributed by atoms with van der Waals surface area (Å²) in [5, 5.41) is 9.95. The molecule has 0 saturated carbocycles. The Morgan fingerprint density at radius 3 is 2.55 bits per heavy atom. The number of rotatable bonds is 4. The van der Waals surface area contributed by atoms with Crippen LogP contribution >= 0.6 is 15.9 Å². The molecular formula is C16H14BrNO2. The van der Waals surface area contributed by atoms with Crippen LogP contribution in [-0.2, 0) is 11.2 Å². The molecule has 0 fully saturated rings. The summed E-state index contributed by atoms with van der Waals surface area (Å²) < 4.78 is 0.593. The van der Waals surface area contributed by atoms with Crippen molar-refractivity contribution in [3.63, 3.8) is 0 Å². The van der Waals surface area contributed by atoms with Gasteiger partial charge in [0.25, 0.3) is 0 Å². The van der Waals surface area contributed by atoms with E-state index in [0.29, 0.717) is 10.0 Å². The van der Waals surface area contributed by atoms with Gasteiger partial charge in [-0.2, -0.15) is 0 Å². The number of amides is 1. The molecule has 0 aromatic heterocycles. The fourth-order valence-electron chi connectivity index (χ4n) is 1.91. The second kappa shape index (κ2) is 6.39. The van der Waals surface area contributed by atoms with Crippen molar-refractivity contribution in [1.82, 2.24) is 0 Å². The lowest BCUT2D eigenvalue weighted by Crippen LogP contribution is -2.05. The van der Waals surface area contributed by atoms with Gasteiger partial charge < -0.3 is 10.8 Å². The molecule has 2 rings (SSSR count). The van der Waals surface area contributed by atoms with E-state index >= 15 is 0 Å². The maximum Gasteiger partial charge on any atom is 0.241 e. The Hall–Kier alpha value is -2.07. The van der Waals surface area contributed by atoms with E-state index in [-0.39, 0.29) is 5.75 Å². The van der Waals surface area contributed by atoms with Gasteiger partial charge in [0.05, 0.1) is 4.47 Å². The van der Waals surface area contributed by atoms with Gasteiger partial charge in [0.15, 0.2) is 0 Å². The second-order valence-electron chi connectivity index (χ2n) is 4.41. The molecule has 4 heteroatoms. The predicted octanol–water partition coefficient (Wildman–Crippen LogP) is 3.24. The smallest absolute Gasteiger partial charge is 0.241 e. The molecule has 2 aromatic rings. The number of phenolic OH excluding ortho intramolecular Hbond substituents is 1. The van der Waals surface area contributed by atoms with E-state index in [1.54, 1.807) is 0 Å². The molecule has 0 bridgehead atoms. The van der Waals surface area contributed by atoms with E-state index < -0.39 is 5.91 Å². The summed E-state index contributed by atoms with van der Waals surface area (Å²) in [4.78, 5) is 10.8. The molecule has 0 atom stereocenters. The van der Waals surface area contributed by atoms with Gasteiger partial charge in [-0.25, -0.2) is 0 Å². The minimum absolute atomic E-state index is 0.0966. The molecule has 3 nitrogen and oxygen atoms in total. The lowest BCUT2D eigenvalue weighted by atomic mass is 10.0. The van der Waals surface area contributed by atoms with Crippen LogP contribution in [0.4, 0.5) is 0 Å². The molecular weight excluding hydrogens is 318 g/mol. The van der Waals surface area contributed by atoms with Gasteiger partial charge >= 0.3 is 0 Å². The van der Waals surface area contributed by atoms with Crippen molar-refractivity contribution in [2.75, 3.05) is 0 Å². The van der Waals surface area contributed by atoms with Crippen molar-refractivity contribution < 1.29 is 9.90 Å². The number of hydrogen-bond acceptors (Lipinski definition) is 2. The van der Waals surface area contributed by atoms with Crippen LogP contribution in [0.1, 0.15) is 16.7 Å². The molecule has 2 aromatic carbocycles. The van der Waals surface area contributed by atoms with E-state index in [1.807, 2.05) is 42.5 Å². The Balaban J connectivity index is 2.33. The van der Waals surface area contributed by atoms with Crippen LogP contribution in [0, 0.1) is 0 Å². The summed E-state index contributed by atoms with van der Waals surface area (Å²) >= 11 is 3.32. The third kappa shape index (κ3) is 3.71. The van der Waals surface area contributed by atoms with E-state index in [1.165, 1.54) is 17.7 Å². The number of benzene rings is 2. The minimum atomic E-state index is -0.547. The number of aromatic hydroxyl groups is 1. The second-order valence-corrected chi connectivity index (χ2v) is 5.27. The lowest BCUT2D eigenvalue weighted by molar-refractivity contribution is -0.113. The minimum Gasteiger partial charge on any atom is -0.506 e. The zero-order valence-electron chi connectivity index (χ0n) is 10.7. The maximum absolute atomic E-state index is 10.8. The largest absolute Gasteiger partial charge is 0.506 e. The molecule has 0 radical (unpaired) electrons. The quantitative estimate of drug-likeness (QED) is 0.844. The Labute approximate surface area is 125 Å². The highest BCUT2D eigenvalue weighted by Crippen LogP contribution is 2.31. The SMILES string of the molecule is NC(=O)/C=C/c1cc(Cc2ccccc2)cc(Br)c1O. The molecule has 0 aliphatic carbocycles. The molecule has 1 amide bonds. The van der Waals surface area contributed by atoms with Crippen LogP contribution in [-0.4, -0.2) is 11.0 Å². The normalized spacial score (nSPS) is 10.8. The molecule has 3 N–H and O–H groups in total. The average Bonchev–Trinajstić information content (AvgIpc) is 2.42. The number of phenols is 1. The highest BCUT2D eigenvalue weighted by Gasteiger charge is 2.07. The third-order valence-corrected chi connectivity index (χ3v) is 3.44. The van der Waals surface area contributed by atoms with Gasteiger partial charge in [-0.15, -0.1) is 0 Å². The Morgan fingerprint density at radius 1 is 1.20 bits per heavy atom. The summed E-state index contributed by atoms with van der Waals surface area (Å²) in [6.07, 6.45) is 3.49. The first-order chi connectivity index (χ1) is 9.56. The Kier molecular flexibility index (Phi) is 4.58. The molecule has 0 aliphatic rings. The molecule has 0 unspecified atom stereocenters. The average molecular weight is 332 g/mol. The van der Waals surface area contributed by atoms with Crippen LogP contribution in [0.3, 0.4) is 0 Å². The monoisotopic (exact) mass is 331 g/mol. The fraction of sp³-hybridized carbons (Fsp3) is 0.0625. The van der Waals surface area contributed by atoms with Gasteiger partial charge in [0, 0.05) is 11.6 Å². The number of primary amides is 1. The zero-order valence-corrected chi connectivity index (χ0v) is 12.3. The van der Waals surface area contributed by atoms with Gasteiger partial charge in [0.1, 0.15) is 5.75 Å². The summed E-state index contributed by atoms with van der Waals surface area (Å²) in [5.41, 5.74) is 7.84. The summed E-state index contributed by atoms with van der Waals surface area (Å²) in [6.45, 7) is 0. The first-order valence-electron chi connectivity index (χ1n) is 6.09. The molecule has 0 heterocycles. The number of hydrogen-bond donors (Lipinski definition) is 2. The van der Waals surface area contributed by atoms with Crippen LogP contribution in [0.5, 0.6) is 5.75 Å². The highest BCUT2D eigenvalue weighted by atomic mass is 79.9. The van der Waals surface area contributed by atoms with Crippen molar-refractivity contribution in [2.24, 2.45) is 5.73 Å². The van der Waals surface area contributed by atoms with Crippen LogP contribution in [0.15, 0.2) is 53.0 Å². The number of nitrogens with two attached hydrogens (primary N) is 1. The number of halogens is 1. The third-order valence-electron chi connectivity index (χ3n) is 2.83. The standard InChI is InChI=1S/C16H14BrNO2/c17-14-10-12(8-11-4-2-1-3-5-11)9-13(16(14)20)6-7-15(18)19/h1-7,9-10,20H,8H2,(H2,18,19)/b7-6+. The van der Waals surface area contributed by atoms with Crippen LogP contribution in [0.2, 0.25) is 0 Å². The van der Waals surface area contributed by atoms with Crippen LogP contribution in [0.25, 0.3) is 6.08 Å². The zero-order chi connectivity index (χ0) is 14.5. The molecule has 0 spiro atoms. The molecule has 0 aliphatic heterocycles. The van der Waals surface area contributed by atoms with Crippen molar-refractivity contribution in [2.45, 2.75) is 6.42 Å². The van der Waals surface area contributed by atoms with E-state index in [9.17, 15) is 9.90 Å². The Bertz CT molecular complexity index is 651. The number of carbonyl (C=O) groups is 1. The topological polar surface area (TPSA) is 63.3 Å². The number of carbonyl (C=O) groups excluding carboxylic acids is 1. The van der Waals surface area contributed by atoms with Gasteiger partial charge in [-0.1, -0.05) is 30.3 Å². The first-order valence-corrected chi connectivity index (χ1v) is 6.88. The van der Waals surface area contributed by atoms with Crippen molar-refractivity contribution in [1.29, 1.82) is 0 Å². The summed E-state index contributed by atoms with van der Waals surface area (Å²) in [7, 11) is 0. The fourth-order valence-corrected chi connectivity index (χ4v) is 2.43.